The lowest BCUT2D eigenvalue weighted by atomic mass is 10.1. The van der Waals surface area contributed by atoms with Crippen molar-refractivity contribution in [2.75, 3.05) is 18.8 Å². The van der Waals surface area contributed by atoms with Crippen molar-refractivity contribution in [3.63, 3.8) is 0 Å². The Morgan fingerprint density at radius 3 is 2.68 bits per heavy atom. The molecule has 4 nitrogen and oxygen atoms in total. The maximum absolute atomic E-state index is 12.3. The van der Waals surface area contributed by atoms with Crippen LogP contribution in [0.2, 0.25) is 0 Å². The molecule has 0 aromatic carbocycles. The molecular formula is C12H19N3OS3. The van der Waals surface area contributed by atoms with Crippen LogP contribution in [0.1, 0.15) is 33.1 Å². The third-order valence-corrected chi connectivity index (χ3v) is 6.06. The average molecular weight is 318 g/mol. The number of amides is 1. The van der Waals surface area contributed by atoms with E-state index < -0.39 is 0 Å². The van der Waals surface area contributed by atoms with Crippen LogP contribution in [0.3, 0.4) is 0 Å². The number of likely N-dealkylation sites (tertiary alicyclic amines) is 1. The van der Waals surface area contributed by atoms with Gasteiger partial charge in [-0.15, -0.1) is 10.2 Å². The summed E-state index contributed by atoms with van der Waals surface area (Å²) in [5.41, 5.74) is 0. The summed E-state index contributed by atoms with van der Waals surface area (Å²) >= 11 is 4.81. The normalized spacial score (nSPS) is 17.5. The van der Waals surface area contributed by atoms with Gasteiger partial charge in [0.1, 0.15) is 0 Å². The van der Waals surface area contributed by atoms with Crippen molar-refractivity contribution in [2.45, 2.75) is 47.0 Å². The second kappa shape index (κ2) is 7.50. The first-order chi connectivity index (χ1) is 9.20. The van der Waals surface area contributed by atoms with E-state index in [4.69, 9.17) is 0 Å². The molecule has 1 atom stereocenters. The number of carbonyl (C=O) groups is 1. The summed E-state index contributed by atoms with van der Waals surface area (Å²) in [4.78, 5) is 14.3. The van der Waals surface area contributed by atoms with E-state index in [-0.39, 0.29) is 11.2 Å². The van der Waals surface area contributed by atoms with Gasteiger partial charge in [-0.3, -0.25) is 4.79 Å². The van der Waals surface area contributed by atoms with Crippen LogP contribution in [0.4, 0.5) is 0 Å². The van der Waals surface area contributed by atoms with Crippen LogP contribution in [0, 0.1) is 0 Å². The lowest BCUT2D eigenvalue weighted by molar-refractivity contribution is -0.131. The van der Waals surface area contributed by atoms with Gasteiger partial charge in [0.15, 0.2) is 8.68 Å². The number of hydrogen-bond acceptors (Lipinski definition) is 6. The van der Waals surface area contributed by atoms with Crippen LogP contribution >= 0.6 is 34.9 Å². The summed E-state index contributed by atoms with van der Waals surface area (Å²) < 4.78 is 1.89. The number of rotatable bonds is 5. The number of nitrogens with zero attached hydrogens (tertiary/aromatic N) is 3. The van der Waals surface area contributed by atoms with E-state index in [1.807, 2.05) is 11.8 Å². The van der Waals surface area contributed by atoms with Crippen molar-refractivity contribution < 1.29 is 4.79 Å². The molecule has 2 rings (SSSR count). The van der Waals surface area contributed by atoms with Gasteiger partial charge in [0.2, 0.25) is 5.91 Å². The number of piperidine rings is 1. The summed E-state index contributed by atoms with van der Waals surface area (Å²) in [6, 6.07) is 0. The van der Waals surface area contributed by atoms with Crippen LogP contribution < -0.4 is 0 Å². The van der Waals surface area contributed by atoms with Gasteiger partial charge in [-0.05, 0) is 31.9 Å². The van der Waals surface area contributed by atoms with Gasteiger partial charge in [-0.2, -0.15) is 0 Å². The highest BCUT2D eigenvalue weighted by molar-refractivity contribution is 8.03. The molecule has 19 heavy (non-hydrogen) atoms. The molecule has 1 aliphatic rings. The number of thioether (sulfide) groups is 2. The Kier molecular flexibility index (Phi) is 5.97. The van der Waals surface area contributed by atoms with Crippen molar-refractivity contribution in [3.05, 3.63) is 0 Å². The zero-order valence-corrected chi connectivity index (χ0v) is 13.7. The Morgan fingerprint density at radius 1 is 1.32 bits per heavy atom. The predicted molar refractivity (Wildman–Crippen MR) is 82.1 cm³/mol. The van der Waals surface area contributed by atoms with E-state index in [1.54, 1.807) is 23.1 Å². The van der Waals surface area contributed by atoms with Gasteiger partial charge in [-0.25, -0.2) is 0 Å². The molecule has 1 unspecified atom stereocenters. The molecule has 0 bridgehead atoms. The van der Waals surface area contributed by atoms with E-state index >= 15 is 0 Å². The number of aromatic nitrogens is 2. The zero-order chi connectivity index (χ0) is 13.7. The molecule has 106 valence electrons. The second-order valence-electron chi connectivity index (χ2n) is 4.41. The van der Waals surface area contributed by atoms with E-state index in [2.05, 4.69) is 17.1 Å². The molecule has 1 fully saturated rings. The monoisotopic (exact) mass is 317 g/mol. The standard InChI is InChI=1S/C12H19N3OS3/c1-3-17-11-13-14-12(19-11)18-9(2)10(16)15-7-5-4-6-8-15/h9H,3-8H2,1-2H3. The Hall–Kier alpha value is -0.270. The van der Waals surface area contributed by atoms with Crippen molar-refractivity contribution in [1.82, 2.24) is 15.1 Å². The van der Waals surface area contributed by atoms with Crippen molar-refractivity contribution in [3.8, 4) is 0 Å². The Bertz CT molecular complexity index is 418. The largest absolute Gasteiger partial charge is 0.342 e. The fraction of sp³-hybridized carbons (Fsp3) is 0.750. The fourth-order valence-electron chi connectivity index (χ4n) is 2.00. The molecular weight excluding hydrogens is 298 g/mol. The average Bonchev–Trinajstić information content (AvgIpc) is 2.86. The van der Waals surface area contributed by atoms with E-state index in [1.165, 1.54) is 18.2 Å². The van der Waals surface area contributed by atoms with Crippen LogP contribution in [-0.2, 0) is 4.79 Å². The highest BCUT2D eigenvalue weighted by Gasteiger charge is 2.24. The molecule has 0 saturated carbocycles. The molecule has 1 aromatic rings. The first-order valence-corrected chi connectivity index (χ1v) is 9.30. The first kappa shape index (κ1) is 15.1. The smallest absolute Gasteiger partial charge is 0.235 e. The molecule has 1 aromatic heterocycles. The minimum Gasteiger partial charge on any atom is -0.342 e. The Labute approximate surface area is 126 Å². The number of carbonyl (C=O) groups excluding carboxylic acids is 1. The highest BCUT2D eigenvalue weighted by Crippen LogP contribution is 2.31. The SMILES string of the molecule is CCSc1nnc(SC(C)C(=O)N2CCCCC2)s1. The lowest BCUT2D eigenvalue weighted by Gasteiger charge is -2.28. The minimum absolute atomic E-state index is 0.0643. The van der Waals surface area contributed by atoms with Crippen LogP contribution in [-0.4, -0.2) is 45.1 Å². The molecule has 0 radical (unpaired) electrons. The quantitative estimate of drug-likeness (QED) is 0.781. The van der Waals surface area contributed by atoms with E-state index in [9.17, 15) is 4.79 Å². The number of hydrogen-bond donors (Lipinski definition) is 0. The maximum Gasteiger partial charge on any atom is 0.235 e. The molecule has 0 N–H and O–H groups in total. The van der Waals surface area contributed by atoms with Crippen LogP contribution in [0.15, 0.2) is 8.68 Å². The summed E-state index contributed by atoms with van der Waals surface area (Å²) in [6.45, 7) is 5.89. The van der Waals surface area contributed by atoms with Gasteiger partial charge >= 0.3 is 0 Å². The van der Waals surface area contributed by atoms with Gasteiger partial charge in [0.05, 0.1) is 5.25 Å². The molecule has 1 aliphatic heterocycles. The molecule has 2 heterocycles. The molecule has 0 spiro atoms. The van der Waals surface area contributed by atoms with Crippen LogP contribution in [0.5, 0.6) is 0 Å². The highest BCUT2D eigenvalue weighted by atomic mass is 32.2. The maximum atomic E-state index is 12.3. The zero-order valence-electron chi connectivity index (χ0n) is 11.3. The van der Waals surface area contributed by atoms with Gasteiger partial charge in [0.25, 0.3) is 0 Å². The molecule has 1 saturated heterocycles. The van der Waals surface area contributed by atoms with Gasteiger partial charge in [0, 0.05) is 13.1 Å². The fourth-order valence-corrected chi connectivity index (χ4v) is 5.14. The van der Waals surface area contributed by atoms with Gasteiger partial charge in [-0.1, -0.05) is 41.8 Å². The molecule has 0 aliphatic carbocycles. The van der Waals surface area contributed by atoms with Crippen molar-refractivity contribution >= 4 is 40.8 Å². The summed E-state index contributed by atoms with van der Waals surface area (Å²) in [5.74, 6) is 1.24. The Morgan fingerprint density at radius 2 is 2.00 bits per heavy atom. The minimum atomic E-state index is -0.0643. The van der Waals surface area contributed by atoms with Gasteiger partial charge < -0.3 is 4.90 Å². The topological polar surface area (TPSA) is 46.1 Å². The molecule has 1 amide bonds. The third kappa shape index (κ3) is 4.36. The Balaban J connectivity index is 1.88. The van der Waals surface area contributed by atoms with Crippen molar-refractivity contribution in [1.29, 1.82) is 0 Å². The molecule has 7 heteroatoms. The summed E-state index contributed by atoms with van der Waals surface area (Å²) in [6.07, 6.45) is 3.53. The first-order valence-electron chi connectivity index (χ1n) is 6.62. The predicted octanol–water partition coefficient (Wildman–Crippen LogP) is 3.14. The van der Waals surface area contributed by atoms with Crippen LogP contribution in [0.25, 0.3) is 0 Å². The summed E-state index contributed by atoms with van der Waals surface area (Å²) in [5, 5.41) is 8.19. The van der Waals surface area contributed by atoms with E-state index in [0.29, 0.717) is 0 Å². The summed E-state index contributed by atoms with van der Waals surface area (Å²) in [7, 11) is 0. The van der Waals surface area contributed by atoms with Crippen molar-refractivity contribution in [2.24, 2.45) is 0 Å². The second-order valence-corrected chi connectivity index (χ2v) is 8.49. The third-order valence-electron chi connectivity index (χ3n) is 2.95. The van der Waals surface area contributed by atoms with E-state index in [0.717, 1.165) is 40.4 Å². The lowest BCUT2D eigenvalue weighted by Crippen LogP contribution is -2.40.